The molecule has 0 saturated heterocycles. The maximum absolute atomic E-state index is 11.5. The van der Waals surface area contributed by atoms with E-state index in [0.717, 1.165) is 25.7 Å². The van der Waals surface area contributed by atoms with E-state index in [2.05, 4.69) is 13.8 Å². The molecule has 0 unspecified atom stereocenters. The van der Waals surface area contributed by atoms with E-state index in [1.165, 1.54) is 6.92 Å². The molecule has 0 saturated carbocycles. The van der Waals surface area contributed by atoms with Crippen LogP contribution >= 0.6 is 0 Å². The number of carbonyl (C=O) groups is 2. The highest BCUT2D eigenvalue weighted by Gasteiger charge is 2.36. The van der Waals surface area contributed by atoms with Crippen LogP contribution in [-0.4, -0.2) is 17.7 Å². The molecular weight excluding hydrogens is 232 g/mol. The van der Waals surface area contributed by atoms with Crippen LogP contribution in [-0.2, 0) is 19.1 Å². The van der Waals surface area contributed by atoms with E-state index in [1.807, 2.05) is 0 Å². The Labute approximate surface area is 110 Å². The van der Waals surface area contributed by atoms with E-state index in [1.54, 1.807) is 6.92 Å². The highest BCUT2D eigenvalue weighted by molar-refractivity contribution is 5.70. The van der Waals surface area contributed by atoms with Crippen molar-refractivity contribution in [3.8, 4) is 0 Å². The molecule has 0 radical (unpaired) electrons. The largest absolute Gasteiger partial charge is 0.423 e. The van der Waals surface area contributed by atoms with Crippen molar-refractivity contribution in [2.45, 2.75) is 78.4 Å². The van der Waals surface area contributed by atoms with E-state index in [4.69, 9.17) is 9.47 Å². The van der Waals surface area contributed by atoms with Crippen LogP contribution in [0.25, 0.3) is 0 Å². The minimum atomic E-state index is -1.05. The van der Waals surface area contributed by atoms with Crippen LogP contribution in [0.15, 0.2) is 0 Å². The molecule has 0 N–H and O–H groups in total. The fourth-order valence-electron chi connectivity index (χ4n) is 1.78. The van der Waals surface area contributed by atoms with Crippen molar-refractivity contribution >= 4 is 11.9 Å². The highest BCUT2D eigenvalue weighted by Crippen LogP contribution is 2.28. The fraction of sp³-hybridized carbons (Fsp3) is 0.857. The first-order chi connectivity index (χ1) is 8.49. The van der Waals surface area contributed by atoms with Gasteiger partial charge in [-0.3, -0.25) is 9.59 Å². The second-order valence-electron chi connectivity index (χ2n) is 4.54. The van der Waals surface area contributed by atoms with Gasteiger partial charge in [-0.2, -0.15) is 0 Å². The standard InChI is InChI=1S/C14H26O4/c1-5-8-10-14(11-9-6-2,17-12(4)15)18-13(16)7-3/h5-11H2,1-4H3. The normalized spacial score (nSPS) is 11.1. The van der Waals surface area contributed by atoms with Gasteiger partial charge in [-0.25, -0.2) is 0 Å². The monoisotopic (exact) mass is 258 g/mol. The Bertz CT molecular complexity index is 253. The Morgan fingerprint density at radius 3 is 1.78 bits per heavy atom. The minimum Gasteiger partial charge on any atom is -0.423 e. The zero-order chi connectivity index (χ0) is 14.0. The zero-order valence-corrected chi connectivity index (χ0v) is 12.1. The van der Waals surface area contributed by atoms with Crippen molar-refractivity contribution in [3.63, 3.8) is 0 Å². The van der Waals surface area contributed by atoms with Gasteiger partial charge in [0.05, 0.1) is 0 Å². The Morgan fingerprint density at radius 2 is 1.44 bits per heavy atom. The van der Waals surface area contributed by atoms with Crippen LogP contribution in [0.1, 0.15) is 72.6 Å². The number of hydrogen-bond donors (Lipinski definition) is 0. The van der Waals surface area contributed by atoms with Gasteiger partial charge in [-0.1, -0.05) is 33.6 Å². The molecule has 0 aliphatic rings. The zero-order valence-electron chi connectivity index (χ0n) is 12.1. The van der Waals surface area contributed by atoms with Crippen LogP contribution in [0.4, 0.5) is 0 Å². The lowest BCUT2D eigenvalue weighted by Gasteiger charge is -2.32. The number of carbonyl (C=O) groups excluding carboxylic acids is 2. The summed E-state index contributed by atoms with van der Waals surface area (Å²) >= 11 is 0. The summed E-state index contributed by atoms with van der Waals surface area (Å²) < 4.78 is 10.8. The topological polar surface area (TPSA) is 52.6 Å². The maximum atomic E-state index is 11.5. The van der Waals surface area contributed by atoms with Crippen molar-refractivity contribution in [2.24, 2.45) is 0 Å². The summed E-state index contributed by atoms with van der Waals surface area (Å²) in [6.07, 6.45) is 5.13. The fourth-order valence-corrected chi connectivity index (χ4v) is 1.78. The van der Waals surface area contributed by atoms with Crippen molar-refractivity contribution in [3.05, 3.63) is 0 Å². The molecule has 0 spiro atoms. The quantitative estimate of drug-likeness (QED) is 0.468. The third-order valence-electron chi connectivity index (χ3n) is 2.74. The van der Waals surface area contributed by atoms with Crippen molar-refractivity contribution in [2.75, 3.05) is 0 Å². The Balaban J connectivity index is 4.84. The third kappa shape index (κ3) is 6.62. The lowest BCUT2D eigenvalue weighted by atomic mass is 10.0. The van der Waals surface area contributed by atoms with Crippen LogP contribution in [0, 0.1) is 0 Å². The third-order valence-corrected chi connectivity index (χ3v) is 2.74. The summed E-state index contributed by atoms with van der Waals surface area (Å²) in [5.74, 6) is -1.76. The van der Waals surface area contributed by atoms with Gasteiger partial charge < -0.3 is 9.47 Å². The predicted molar refractivity (Wildman–Crippen MR) is 69.9 cm³/mol. The summed E-state index contributed by atoms with van der Waals surface area (Å²) in [5, 5.41) is 0. The smallest absolute Gasteiger partial charge is 0.308 e. The molecule has 0 fully saturated rings. The second kappa shape index (κ2) is 8.95. The van der Waals surface area contributed by atoms with E-state index < -0.39 is 11.8 Å². The Kier molecular flexibility index (Phi) is 8.42. The van der Waals surface area contributed by atoms with Gasteiger partial charge in [0.25, 0.3) is 5.79 Å². The van der Waals surface area contributed by atoms with Crippen LogP contribution in [0.2, 0.25) is 0 Å². The first-order valence-electron chi connectivity index (χ1n) is 6.91. The molecule has 0 aromatic rings. The number of hydrogen-bond acceptors (Lipinski definition) is 4. The van der Waals surface area contributed by atoms with Crippen molar-refractivity contribution in [1.82, 2.24) is 0 Å². The predicted octanol–water partition coefficient (Wildman–Crippen LogP) is 3.58. The van der Waals surface area contributed by atoms with Crippen LogP contribution < -0.4 is 0 Å². The molecule has 106 valence electrons. The molecule has 0 aliphatic carbocycles. The Morgan fingerprint density at radius 1 is 0.944 bits per heavy atom. The summed E-state index contributed by atoms with van der Waals surface area (Å²) in [7, 11) is 0. The minimum absolute atomic E-state index is 0.293. The number of ether oxygens (including phenoxy) is 2. The summed E-state index contributed by atoms with van der Waals surface area (Å²) in [6, 6.07) is 0. The summed E-state index contributed by atoms with van der Waals surface area (Å²) in [4.78, 5) is 22.8. The molecule has 0 heterocycles. The maximum Gasteiger partial charge on any atom is 0.308 e. The van der Waals surface area contributed by atoms with E-state index >= 15 is 0 Å². The van der Waals surface area contributed by atoms with Gasteiger partial charge >= 0.3 is 11.9 Å². The molecule has 0 aromatic carbocycles. The average Bonchev–Trinajstić information content (AvgIpc) is 2.33. The molecule has 0 amide bonds. The summed E-state index contributed by atoms with van der Waals surface area (Å²) in [5.41, 5.74) is 0. The van der Waals surface area contributed by atoms with Gasteiger partial charge in [0.2, 0.25) is 0 Å². The van der Waals surface area contributed by atoms with Crippen molar-refractivity contribution in [1.29, 1.82) is 0 Å². The molecule has 4 nitrogen and oxygen atoms in total. The summed E-state index contributed by atoms with van der Waals surface area (Å²) in [6.45, 7) is 7.20. The number of unbranched alkanes of at least 4 members (excludes halogenated alkanes) is 2. The first-order valence-corrected chi connectivity index (χ1v) is 6.91. The van der Waals surface area contributed by atoms with Gasteiger partial charge in [0.15, 0.2) is 0 Å². The first kappa shape index (κ1) is 16.9. The van der Waals surface area contributed by atoms with E-state index in [9.17, 15) is 9.59 Å². The number of esters is 2. The molecule has 0 rings (SSSR count). The van der Waals surface area contributed by atoms with E-state index in [-0.39, 0.29) is 5.97 Å². The number of rotatable bonds is 9. The lowest BCUT2D eigenvalue weighted by Crippen LogP contribution is -2.39. The second-order valence-corrected chi connectivity index (χ2v) is 4.54. The van der Waals surface area contributed by atoms with Crippen LogP contribution in [0.3, 0.4) is 0 Å². The van der Waals surface area contributed by atoms with Gasteiger partial charge in [0, 0.05) is 26.2 Å². The molecule has 0 aromatic heterocycles. The molecule has 0 bridgehead atoms. The molecule has 4 heteroatoms. The molecule has 0 atom stereocenters. The molecular formula is C14H26O4. The molecule has 0 aliphatic heterocycles. The Hall–Kier alpha value is -1.06. The van der Waals surface area contributed by atoms with E-state index in [0.29, 0.717) is 19.3 Å². The lowest BCUT2D eigenvalue weighted by molar-refractivity contribution is -0.233. The SMILES string of the molecule is CCCCC(CCCC)(OC(C)=O)OC(=O)CC. The van der Waals surface area contributed by atoms with Gasteiger partial charge in [-0.05, 0) is 12.8 Å². The van der Waals surface area contributed by atoms with Gasteiger partial charge in [0.1, 0.15) is 0 Å². The van der Waals surface area contributed by atoms with Crippen LogP contribution in [0.5, 0.6) is 0 Å². The average molecular weight is 258 g/mol. The molecule has 18 heavy (non-hydrogen) atoms. The van der Waals surface area contributed by atoms with Gasteiger partial charge in [-0.15, -0.1) is 0 Å². The highest BCUT2D eigenvalue weighted by atomic mass is 16.7. The van der Waals surface area contributed by atoms with Crippen molar-refractivity contribution < 1.29 is 19.1 Å².